The number of anilines is 2. The van der Waals surface area contributed by atoms with E-state index in [4.69, 9.17) is 0 Å². The quantitative estimate of drug-likeness (QED) is 0.747. The fourth-order valence-electron chi connectivity index (χ4n) is 2.23. The summed E-state index contributed by atoms with van der Waals surface area (Å²) >= 11 is 0. The third kappa shape index (κ3) is 3.11. The summed E-state index contributed by atoms with van der Waals surface area (Å²) in [4.78, 5) is 9.14. The van der Waals surface area contributed by atoms with Crippen LogP contribution in [0, 0.1) is 0 Å². The van der Waals surface area contributed by atoms with Gasteiger partial charge in [-0.05, 0) is 24.6 Å². The zero-order chi connectivity index (χ0) is 14.5. The lowest BCUT2D eigenvalue weighted by atomic mass is 10.2. The molecule has 2 aromatic carbocycles. The third-order valence-electron chi connectivity index (χ3n) is 3.24. The summed E-state index contributed by atoms with van der Waals surface area (Å²) in [5, 5.41) is 7.63. The molecule has 1 heterocycles. The van der Waals surface area contributed by atoms with E-state index in [1.165, 1.54) is 5.56 Å². The first kappa shape index (κ1) is 13.4. The Morgan fingerprint density at radius 3 is 2.43 bits per heavy atom. The molecule has 0 aliphatic rings. The number of para-hydroxylation sites is 1. The van der Waals surface area contributed by atoms with E-state index in [-0.39, 0.29) is 0 Å². The molecule has 4 nitrogen and oxygen atoms in total. The van der Waals surface area contributed by atoms with Gasteiger partial charge >= 0.3 is 0 Å². The summed E-state index contributed by atoms with van der Waals surface area (Å²) in [6.45, 7) is 3.61. The molecule has 3 rings (SSSR count). The molecule has 0 bridgehead atoms. The number of fused-ring (bicyclic) bond motifs is 1. The molecule has 4 heteroatoms. The summed E-state index contributed by atoms with van der Waals surface area (Å²) in [7, 11) is 0. The van der Waals surface area contributed by atoms with Crippen LogP contribution >= 0.6 is 0 Å². The lowest BCUT2D eigenvalue weighted by Crippen LogP contribution is -2.07. The molecule has 3 aromatic rings. The van der Waals surface area contributed by atoms with Crippen LogP contribution in [0.25, 0.3) is 10.9 Å². The van der Waals surface area contributed by atoms with Crippen molar-refractivity contribution in [1.29, 1.82) is 0 Å². The van der Waals surface area contributed by atoms with Crippen molar-refractivity contribution >= 4 is 22.7 Å². The van der Waals surface area contributed by atoms with E-state index in [1.807, 2.05) is 42.5 Å². The first-order valence-electron chi connectivity index (χ1n) is 7.15. The summed E-state index contributed by atoms with van der Waals surface area (Å²) < 4.78 is 0. The van der Waals surface area contributed by atoms with E-state index in [9.17, 15) is 0 Å². The van der Waals surface area contributed by atoms with Gasteiger partial charge in [0.15, 0.2) is 0 Å². The minimum atomic E-state index is 0.647. The highest BCUT2D eigenvalue weighted by molar-refractivity contribution is 5.89. The molecule has 0 aliphatic heterocycles. The highest BCUT2D eigenvalue weighted by Gasteiger charge is 2.06. The maximum absolute atomic E-state index is 4.57. The lowest BCUT2D eigenvalue weighted by Gasteiger charge is -2.10. The number of rotatable bonds is 5. The third-order valence-corrected chi connectivity index (χ3v) is 3.24. The van der Waals surface area contributed by atoms with Crippen molar-refractivity contribution in [2.24, 2.45) is 0 Å². The predicted molar refractivity (Wildman–Crippen MR) is 87.5 cm³/mol. The Morgan fingerprint density at radius 2 is 1.62 bits per heavy atom. The number of hydrogen-bond donors (Lipinski definition) is 2. The first-order chi connectivity index (χ1) is 10.4. The summed E-state index contributed by atoms with van der Waals surface area (Å²) in [5.74, 6) is 1.52. The van der Waals surface area contributed by atoms with E-state index < -0.39 is 0 Å². The van der Waals surface area contributed by atoms with Gasteiger partial charge in [0, 0.05) is 18.5 Å². The molecular formula is C17H18N4. The van der Waals surface area contributed by atoms with Crippen molar-refractivity contribution in [2.45, 2.75) is 13.5 Å². The maximum atomic E-state index is 4.57. The molecule has 0 amide bonds. The van der Waals surface area contributed by atoms with Crippen molar-refractivity contribution in [2.75, 3.05) is 17.2 Å². The standard InChI is InChI=1S/C17H18N4/c1-2-18-16-14-10-6-7-11-15(14)20-17(21-16)19-12-13-8-4-3-5-9-13/h3-11H,2,12H2,1H3,(H2,18,19,20,21). The molecule has 0 saturated heterocycles. The van der Waals surface area contributed by atoms with Crippen LogP contribution in [-0.4, -0.2) is 16.5 Å². The largest absolute Gasteiger partial charge is 0.370 e. The zero-order valence-electron chi connectivity index (χ0n) is 12.0. The second-order valence-electron chi connectivity index (χ2n) is 4.78. The smallest absolute Gasteiger partial charge is 0.225 e. The number of benzene rings is 2. The topological polar surface area (TPSA) is 49.8 Å². The Kier molecular flexibility index (Phi) is 3.96. The number of hydrogen-bond acceptors (Lipinski definition) is 4. The molecule has 1 aromatic heterocycles. The summed E-state index contributed by atoms with van der Waals surface area (Å²) in [6, 6.07) is 18.3. The van der Waals surface area contributed by atoms with E-state index in [0.717, 1.165) is 23.3 Å². The van der Waals surface area contributed by atoms with Crippen molar-refractivity contribution in [3.63, 3.8) is 0 Å². The van der Waals surface area contributed by atoms with Crippen LogP contribution in [0.1, 0.15) is 12.5 Å². The normalized spacial score (nSPS) is 10.5. The van der Waals surface area contributed by atoms with Crippen LogP contribution < -0.4 is 10.6 Å². The van der Waals surface area contributed by atoms with Crippen LogP contribution in [0.3, 0.4) is 0 Å². The van der Waals surface area contributed by atoms with Crippen molar-refractivity contribution in [3.8, 4) is 0 Å². The molecule has 0 spiro atoms. The average Bonchev–Trinajstić information content (AvgIpc) is 2.54. The van der Waals surface area contributed by atoms with Crippen molar-refractivity contribution < 1.29 is 0 Å². The highest BCUT2D eigenvalue weighted by Crippen LogP contribution is 2.21. The van der Waals surface area contributed by atoms with Crippen LogP contribution in [0.4, 0.5) is 11.8 Å². The van der Waals surface area contributed by atoms with Crippen LogP contribution in [0.5, 0.6) is 0 Å². The summed E-state index contributed by atoms with van der Waals surface area (Å²) in [6.07, 6.45) is 0. The Bertz CT molecular complexity index is 725. The van der Waals surface area contributed by atoms with Crippen molar-refractivity contribution in [3.05, 3.63) is 60.2 Å². The van der Waals surface area contributed by atoms with Crippen LogP contribution in [0.2, 0.25) is 0 Å². The second kappa shape index (κ2) is 6.22. The SMILES string of the molecule is CCNc1nc(NCc2ccccc2)nc2ccccc12. The second-order valence-corrected chi connectivity index (χ2v) is 4.78. The number of aromatic nitrogens is 2. The predicted octanol–water partition coefficient (Wildman–Crippen LogP) is 3.67. The highest BCUT2D eigenvalue weighted by atomic mass is 15.1. The van der Waals surface area contributed by atoms with E-state index >= 15 is 0 Å². The fraction of sp³-hybridized carbons (Fsp3) is 0.176. The van der Waals surface area contributed by atoms with Gasteiger partial charge in [-0.25, -0.2) is 4.98 Å². The average molecular weight is 278 g/mol. The van der Waals surface area contributed by atoms with Gasteiger partial charge in [-0.3, -0.25) is 0 Å². The molecule has 0 atom stereocenters. The Labute approximate surface area is 124 Å². The van der Waals surface area contributed by atoms with Gasteiger partial charge in [0.05, 0.1) is 5.52 Å². The maximum Gasteiger partial charge on any atom is 0.225 e. The van der Waals surface area contributed by atoms with Gasteiger partial charge in [-0.2, -0.15) is 4.98 Å². The van der Waals surface area contributed by atoms with Gasteiger partial charge in [-0.1, -0.05) is 42.5 Å². The number of nitrogens with one attached hydrogen (secondary N) is 2. The molecule has 106 valence electrons. The first-order valence-corrected chi connectivity index (χ1v) is 7.15. The zero-order valence-corrected chi connectivity index (χ0v) is 12.0. The molecular weight excluding hydrogens is 260 g/mol. The van der Waals surface area contributed by atoms with Crippen molar-refractivity contribution in [1.82, 2.24) is 9.97 Å². The fourth-order valence-corrected chi connectivity index (χ4v) is 2.23. The van der Waals surface area contributed by atoms with Gasteiger partial charge in [0.2, 0.25) is 5.95 Å². The molecule has 21 heavy (non-hydrogen) atoms. The van der Waals surface area contributed by atoms with Crippen LogP contribution in [-0.2, 0) is 6.54 Å². The number of nitrogens with zero attached hydrogens (tertiary/aromatic N) is 2. The Balaban J connectivity index is 1.88. The van der Waals surface area contributed by atoms with Gasteiger partial charge in [0.1, 0.15) is 5.82 Å². The molecule has 0 aliphatic carbocycles. The van der Waals surface area contributed by atoms with Gasteiger partial charge in [-0.15, -0.1) is 0 Å². The lowest BCUT2D eigenvalue weighted by molar-refractivity contribution is 1.06. The Hall–Kier alpha value is -2.62. The van der Waals surface area contributed by atoms with E-state index in [2.05, 4.69) is 39.7 Å². The monoisotopic (exact) mass is 278 g/mol. The minimum Gasteiger partial charge on any atom is -0.370 e. The molecule has 2 N–H and O–H groups in total. The molecule has 0 fully saturated rings. The van der Waals surface area contributed by atoms with Gasteiger partial charge in [0.25, 0.3) is 0 Å². The molecule has 0 unspecified atom stereocenters. The van der Waals surface area contributed by atoms with Gasteiger partial charge < -0.3 is 10.6 Å². The van der Waals surface area contributed by atoms with Crippen LogP contribution in [0.15, 0.2) is 54.6 Å². The molecule has 0 saturated carbocycles. The molecule has 0 radical (unpaired) electrons. The van der Waals surface area contributed by atoms with E-state index in [1.54, 1.807) is 0 Å². The summed E-state index contributed by atoms with van der Waals surface area (Å²) in [5.41, 5.74) is 2.15. The Morgan fingerprint density at radius 1 is 0.857 bits per heavy atom. The minimum absolute atomic E-state index is 0.647. The van der Waals surface area contributed by atoms with E-state index in [0.29, 0.717) is 12.5 Å².